The van der Waals surface area contributed by atoms with E-state index in [1.165, 1.54) is 5.56 Å². The number of furan rings is 1. The molecule has 0 saturated heterocycles. The maximum absolute atomic E-state index is 12.9. The lowest BCUT2D eigenvalue weighted by atomic mass is 10.0. The molecule has 3 rings (SSSR count). The highest BCUT2D eigenvalue weighted by Gasteiger charge is 2.24. The summed E-state index contributed by atoms with van der Waals surface area (Å²) in [5.74, 6) is -0.482. The fourth-order valence-corrected chi connectivity index (χ4v) is 3.23. The molecule has 0 aliphatic rings. The van der Waals surface area contributed by atoms with E-state index in [1.54, 1.807) is 6.07 Å². The highest BCUT2D eigenvalue weighted by molar-refractivity contribution is 6.14. The second-order valence-electron chi connectivity index (χ2n) is 6.81. The van der Waals surface area contributed by atoms with Crippen molar-refractivity contribution in [2.24, 2.45) is 5.92 Å². The summed E-state index contributed by atoms with van der Waals surface area (Å²) in [6, 6.07) is 15.0. The van der Waals surface area contributed by atoms with Gasteiger partial charge in [-0.1, -0.05) is 45.0 Å². The Morgan fingerprint density at radius 3 is 2.25 bits per heavy atom. The molecule has 0 aliphatic carbocycles. The molecule has 3 aromatic rings. The standard InChI is InChI=1S/C23H26N2O3/c1-4-15-11-13-17(14-12-15)24-23(27)21-20(25-22(26)16(5-2)6-3)18-9-7-8-10-19(18)28-21/h7-14,16H,4-6H2,1-3H3,(H,24,27)(H,25,26). The molecular weight excluding hydrogens is 352 g/mol. The van der Waals surface area contributed by atoms with Gasteiger partial charge in [0.15, 0.2) is 0 Å². The van der Waals surface area contributed by atoms with Crippen LogP contribution in [-0.4, -0.2) is 11.8 Å². The molecule has 0 fully saturated rings. The first-order chi connectivity index (χ1) is 13.6. The number of nitrogens with one attached hydrogen (secondary N) is 2. The maximum atomic E-state index is 12.9. The Hall–Kier alpha value is -3.08. The predicted molar refractivity (Wildman–Crippen MR) is 113 cm³/mol. The largest absolute Gasteiger partial charge is 0.449 e. The third-order valence-electron chi connectivity index (χ3n) is 5.03. The normalized spacial score (nSPS) is 11.0. The molecule has 0 bridgehead atoms. The summed E-state index contributed by atoms with van der Waals surface area (Å²) in [5.41, 5.74) is 2.86. The van der Waals surface area contributed by atoms with Gasteiger partial charge in [0, 0.05) is 17.0 Å². The molecule has 0 aliphatic heterocycles. The van der Waals surface area contributed by atoms with Gasteiger partial charge in [-0.2, -0.15) is 0 Å². The molecule has 0 spiro atoms. The fourth-order valence-electron chi connectivity index (χ4n) is 3.23. The third kappa shape index (κ3) is 4.09. The van der Waals surface area contributed by atoms with Crippen LogP contribution in [-0.2, 0) is 11.2 Å². The quantitative estimate of drug-likeness (QED) is 0.560. The number of carbonyl (C=O) groups excluding carboxylic acids is 2. The van der Waals surface area contributed by atoms with E-state index in [0.29, 0.717) is 22.3 Å². The Morgan fingerprint density at radius 1 is 0.929 bits per heavy atom. The molecule has 0 atom stereocenters. The van der Waals surface area contributed by atoms with Gasteiger partial charge in [0.1, 0.15) is 11.3 Å². The number of hydrogen-bond acceptors (Lipinski definition) is 3. The number of aryl methyl sites for hydroxylation is 1. The van der Waals surface area contributed by atoms with Gasteiger partial charge in [-0.25, -0.2) is 0 Å². The summed E-state index contributed by atoms with van der Waals surface area (Å²) >= 11 is 0. The average Bonchev–Trinajstić information content (AvgIpc) is 3.08. The average molecular weight is 378 g/mol. The zero-order valence-corrected chi connectivity index (χ0v) is 16.5. The first-order valence-corrected chi connectivity index (χ1v) is 9.80. The zero-order valence-electron chi connectivity index (χ0n) is 16.5. The van der Waals surface area contributed by atoms with Crippen molar-refractivity contribution in [2.75, 3.05) is 10.6 Å². The summed E-state index contributed by atoms with van der Waals surface area (Å²) in [7, 11) is 0. The van der Waals surface area contributed by atoms with Gasteiger partial charge >= 0.3 is 0 Å². The molecule has 1 aromatic heterocycles. The molecule has 0 saturated carbocycles. The summed E-state index contributed by atoms with van der Waals surface area (Å²) < 4.78 is 5.80. The van der Waals surface area contributed by atoms with Crippen LogP contribution < -0.4 is 10.6 Å². The highest BCUT2D eigenvalue weighted by Crippen LogP contribution is 2.32. The number of benzene rings is 2. The minimum Gasteiger partial charge on any atom is -0.449 e. The van der Waals surface area contributed by atoms with Gasteiger partial charge < -0.3 is 15.1 Å². The van der Waals surface area contributed by atoms with E-state index in [-0.39, 0.29) is 23.5 Å². The van der Waals surface area contributed by atoms with Crippen LogP contribution in [0.4, 0.5) is 11.4 Å². The topological polar surface area (TPSA) is 71.3 Å². The Bertz CT molecular complexity index is 969. The second kappa shape index (κ2) is 8.74. The number of carbonyl (C=O) groups is 2. The van der Waals surface area contributed by atoms with Gasteiger partial charge in [0.05, 0.1) is 0 Å². The second-order valence-corrected chi connectivity index (χ2v) is 6.81. The van der Waals surface area contributed by atoms with Gasteiger partial charge in [-0.3, -0.25) is 9.59 Å². The van der Waals surface area contributed by atoms with Crippen LogP contribution in [0.25, 0.3) is 11.0 Å². The molecule has 2 amide bonds. The van der Waals surface area contributed by atoms with E-state index >= 15 is 0 Å². The van der Waals surface area contributed by atoms with Crippen molar-refractivity contribution in [1.82, 2.24) is 0 Å². The Balaban J connectivity index is 1.92. The van der Waals surface area contributed by atoms with Gasteiger partial charge in [-0.05, 0) is 49.1 Å². The monoisotopic (exact) mass is 378 g/mol. The van der Waals surface area contributed by atoms with Crippen molar-refractivity contribution in [3.63, 3.8) is 0 Å². The molecule has 2 N–H and O–H groups in total. The number of rotatable bonds is 7. The van der Waals surface area contributed by atoms with Crippen LogP contribution in [0.3, 0.4) is 0 Å². The summed E-state index contributed by atoms with van der Waals surface area (Å²) in [5, 5.41) is 6.50. The van der Waals surface area contributed by atoms with Crippen LogP contribution in [0.5, 0.6) is 0 Å². The molecule has 5 heteroatoms. The maximum Gasteiger partial charge on any atom is 0.293 e. The van der Waals surface area contributed by atoms with Crippen LogP contribution in [0.2, 0.25) is 0 Å². The molecular formula is C23H26N2O3. The van der Waals surface area contributed by atoms with Crippen molar-refractivity contribution in [1.29, 1.82) is 0 Å². The Morgan fingerprint density at radius 2 is 1.61 bits per heavy atom. The first kappa shape index (κ1) is 19.7. The Kier molecular flexibility index (Phi) is 6.14. The minimum atomic E-state index is -0.389. The van der Waals surface area contributed by atoms with E-state index in [9.17, 15) is 9.59 Å². The number of fused-ring (bicyclic) bond motifs is 1. The van der Waals surface area contributed by atoms with Gasteiger partial charge in [0.2, 0.25) is 11.7 Å². The molecule has 146 valence electrons. The molecule has 0 unspecified atom stereocenters. The number of amides is 2. The first-order valence-electron chi connectivity index (χ1n) is 9.80. The lowest BCUT2D eigenvalue weighted by Crippen LogP contribution is -2.23. The van der Waals surface area contributed by atoms with E-state index in [0.717, 1.165) is 19.3 Å². The highest BCUT2D eigenvalue weighted by atomic mass is 16.3. The number of hydrogen-bond donors (Lipinski definition) is 2. The molecule has 28 heavy (non-hydrogen) atoms. The van der Waals surface area contributed by atoms with E-state index in [2.05, 4.69) is 17.6 Å². The lowest BCUT2D eigenvalue weighted by Gasteiger charge is -2.13. The third-order valence-corrected chi connectivity index (χ3v) is 5.03. The molecule has 1 heterocycles. The van der Waals surface area contributed by atoms with Crippen LogP contribution in [0.1, 0.15) is 49.7 Å². The summed E-state index contributed by atoms with van der Waals surface area (Å²) in [6.45, 7) is 6.04. The molecule has 0 radical (unpaired) electrons. The SMILES string of the molecule is CCc1ccc(NC(=O)c2oc3ccccc3c2NC(=O)C(CC)CC)cc1. The smallest absolute Gasteiger partial charge is 0.293 e. The Labute approximate surface area is 165 Å². The predicted octanol–water partition coefficient (Wildman–Crippen LogP) is 5.62. The van der Waals surface area contributed by atoms with Crippen molar-refractivity contribution in [3.05, 3.63) is 59.9 Å². The molecule has 2 aromatic carbocycles. The summed E-state index contributed by atoms with van der Waals surface area (Å²) in [6.07, 6.45) is 2.41. The van der Waals surface area contributed by atoms with Gasteiger partial charge in [-0.15, -0.1) is 0 Å². The zero-order chi connectivity index (χ0) is 20.1. The van der Waals surface area contributed by atoms with Crippen molar-refractivity contribution in [2.45, 2.75) is 40.0 Å². The number of anilines is 2. The minimum absolute atomic E-state index is 0.0992. The van der Waals surface area contributed by atoms with Crippen molar-refractivity contribution < 1.29 is 14.0 Å². The van der Waals surface area contributed by atoms with Crippen molar-refractivity contribution >= 4 is 34.2 Å². The van der Waals surface area contributed by atoms with Crippen LogP contribution >= 0.6 is 0 Å². The van der Waals surface area contributed by atoms with Crippen molar-refractivity contribution in [3.8, 4) is 0 Å². The summed E-state index contributed by atoms with van der Waals surface area (Å²) in [4.78, 5) is 25.5. The number of para-hydroxylation sites is 1. The van der Waals surface area contributed by atoms with Crippen LogP contribution in [0, 0.1) is 5.92 Å². The van der Waals surface area contributed by atoms with Crippen LogP contribution in [0.15, 0.2) is 52.9 Å². The van der Waals surface area contributed by atoms with E-state index in [4.69, 9.17) is 4.42 Å². The van der Waals surface area contributed by atoms with E-state index in [1.807, 2.05) is 56.3 Å². The lowest BCUT2D eigenvalue weighted by molar-refractivity contribution is -0.120. The molecule has 5 nitrogen and oxygen atoms in total. The van der Waals surface area contributed by atoms with E-state index < -0.39 is 0 Å². The van der Waals surface area contributed by atoms with Gasteiger partial charge in [0.25, 0.3) is 5.91 Å². The fraction of sp³-hybridized carbons (Fsp3) is 0.304.